The largest absolute Gasteiger partial charge is 0.479 e. The van der Waals surface area contributed by atoms with Crippen molar-refractivity contribution in [1.29, 1.82) is 0 Å². The van der Waals surface area contributed by atoms with Gasteiger partial charge in [-0.25, -0.2) is 4.98 Å². The number of rotatable bonds is 6. The summed E-state index contributed by atoms with van der Waals surface area (Å²) in [6.07, 6.45) is 0.190. The highest BCUT2D eigenvalue weighted by molar-refractivity contribution is 6.28. The average Bonchev–Trinajstić information content (AvgIpc) is 2.29. The summed E-state index contributed by atoms with van der Waals surface area (Å²) in [5, 5.41) is 3.01. The number of methoxy groups -OCH3 is 1. The molecule has 0 aliphatic heterocycles. The number of anilines is 1. The van der Waals surface area contributed by atoms with E-state index >= 15 is 0 Å². The highest BCUT2D eigenvalue weighted by atomic mass is 35.5. The van der Waals surface area contributed by atoms with Gasteiger partial charge in [0, 0.05) is 19.5 Å². The minimum Gasteiger partial charge on any atom is -0.479 e. The second kappa shape index (κ2) is 6.21. The first-order chi connectivity index (χ1) is 8.08. The van der Waals surface area contributed by atoms with Gasteiger partial charge in [-0.05, 0) is 11.6 Å². The number of carbonyl (C=O) groups is 1. The topological polar surface area (TPSA) is 116 Å². The van der Waals surface area contributed by atoms with Crippen molar-refractivity contribution in [3.63, 3.8) is 0 Å². The Morgan fingerprint density at radius 2 is 2.24 bits per heavy atom. The van der Waals surface area contributed by atoms with Gasteiger partial charge in [-0.15, -0.1) is 0 Å². The Morgan fingerprint density at radius 1 is 1.53 bits per heavy atom. The van der Waals surface area contributed by atoms with Crippen molar-refractivity contribution in [3.8, 4) is 5.88 Å². The van der Waals surface area contributed by atoms with E-state index in [1.54, 1.807) is 0 Å². The molecular formula is C9H14ClN5O2. The summed E-state index contributed by atoms with van der Waals surface area (Å²) in [6.45, 7) is 0.529. The van der Waals surface area contributed by atoms with Crippen LogP contribution in [0, 0.1) is 0 Å². The Bertz CT molecular complexity index is 387. The van der Waals surface area contributed by atoms with Gasteiger partial charge in [0.25, 0.3) is 0 Å². The molecule has 0 aliphatic carbocycles. The minimum atomic E-state index is -0.402. The fraction of sp³-hybridized carbons (Fsp3) is 0.444. The van der Waals surface area contributed by atoms with Crippen LogP contribution in [0.15, 0.2) is 0 Å². The highest BCUT2D eigenvalue weighted by Crippen LogP contribution is 2.26. The van der Waals surface area contributed by atoms with Crippen LogP contribution >= 0.6 is 11.6 Å². The Balaban J connectivity index is 2.90. The van der Waals surface area contributed by atoms with Gasteiger partial charge in [0.05, 0.1) is 12.8 Å². The summed E-state index contributed by atoms with van der Waals surface area (Å²) < 4.78 is 5.06. The maximum Gasteiger partial charge on any atom is 0.241 e. The quantitative estimate of drug-likeness (QED) is 0.614. The molecular weight excluding hydrogens is 246 g/mol. The van der Waals surface area contributed by atoms with Gasteiger partial charge < -0.3 is 21.5 Å². The van der Waals surface area contributed by atoms with Gasteiger partial charge in [0.2, 0.25) is 17.1 Å². The van der Waals surface area contributed by atoms with E-state index in [1.165, 1.54) is 7.11 Å². The second-order valence-corrected chi connectivity index (χ2v) is 3.51. The van der Waals surface area contributed by atoms with Crippen molar-refractivity contribution < 1.29 is 9.53 Å². The number of primary amides is 1. The Kier molecular flexibility index (Phi) is 4.92. The summed E-state index contributed by atoms with van der Waals surface area (Å²) in [5.74, 6) is -0.115. The predicted octanol–water partition coefficient (Wildman–Crippen LogP) is -0.115. The molecule has 0 atom stereocenters. The number of carbonyl (C=O) groups excluding carboxylic acids is 1. The van der Waals surface area contributed by atoms with Crippen molar-refractivity contribution in [1.82, 2.24) is 9.97 Å². The molecule has 1 rings (SSSR count). The van der Waals surface area contributed by atoms with Crippen LogP contribution in [0.25, 0.3) is 0 Å². The number of ether oxygens (including phenoxy) is 1. The number of nitrogens with zero attached hydrogens (tertiary/aromatic N) is 2. The third-order valence-corrected chi connectivity index (χ3v) is 2.15. The zero-order valence-corrected chi connectivity index (χ0v) is 10.1. The number of hydrogen-bond acceptors (Lipinski definition) is 6. The van der Waals surface area contributed by atoms with Gasteiger partial charge in [-0.3, -0.25) is 4.79 Å². The van der Waals surface area contributed by atoms with Crippen molar-refractivity contribution in [3.05, 3.63) is 11.0 Å². The first-order valence-electron chi connectivity index (χ1n) is 4.91. The van der Waals surface area contributed by atoms with Crippen molar-refractivity contribution in [2.24, 2.45) is 11.5 Å². The lowest BCUT2D eigenvalue weighted by atomic mass is 10.3. The third-order valence-electron chi connectivity index (χ3n) is 1.98. The molecule has 5 N–H and O–H groups in total. The monoisotopic (exact) mass is 259 g/mol. The van der Waals surface area contributed by atoms with E-state index in [1.807, 2.05) is 0 Å². The van der Waals surface area contributed by atoms with E-state index in [0.717, 1.165) is 0 Å². The van der Waals surface area contributed by atoms with E-state index in [9.17, 15) is 4.79 Å². The maximum absolute atomic E-state index is 10.6. The summed E-state index contributed by atoms with van der Waals surface area (Å²) in [5.41, 5.74) is 11.6. The Labute approximate surface area is 104 Å². The van der Waals surface area contributed by atoms with E-state index in [2.05, 4.69) is 15.3 Å². The molecule has 1 aromatic rings. The Hall–Kier alpha value is -1.60. The number of nitrogens with one attached hydrogen (secondary N) is 1. The van der Waals surface area contributed by atoms with Crippen LogP contribution < -0.4 is 21.5 Å². The SMILES string of the molecule is COc1nc(Cl)nc(CN)c1NCCC(N)=O. The van der Waals surface area contributed by atoms with Crippen LogP contribution in [0.1, 0.15) is 12.1 Å². The molecule has 0 radical (unpaired) electrons. The third kappa shape index (κ3) is 3.72. The molecule has 0 saturated carbocycles. The van der Waals surface area contributed by atoms with Crippen LogP contribution in [0.5, 0.6) is 5.88 Å². The molecule has 1 aromatic heterocycles. The molecule has 1 heterocycles. The lowest BCUT2D eigenvalue weighted by Gasteiger charge is -2.13. The molecule has 0 fully saturated rings. The molecule has 0 spiro atoms. The van der Waals surface area contributed by atoms with Crippen LogP contribution in [-0.4, -0.2) is 29.5 Å². The minimum absolute atomic E-state index is 0.0581. The fourth-order valence-corrected chi connectivity index (χ4v) is 1.42. The molecule has 17 heavy (non-hydrogen) atoms. The van der Waals surface area contributed by atoms with Crippen molar-refractivity contribution in [2.75, 3.05) is 19.0 Å². The number of aromatic nitrogens is 2. The average molecular weight is 260 g/mol. The van der Waals surface area contributed by atoms with Crippen molar-refractivity contribution >= 4 is 23.2 Å². The first-order valence-corrected chi connectivity index (χ1v) is 5.29. The lowest BCUT2D eigenvalue weighted by molar-refractivity contribution is -0.117. The number of hydrogen-bond donors (Lipinski definition) is 3. The maximum atomic E-state index is 10.6. The molecule has 0 bridgehead atoms. The number of halogens is 1. The van der Waals surface area contributed by atoms with Gasteiger partial charge in [0.1, 0.15) is 5.69 Å². The molecule has 8 heteroatoms. The van der Waals surface area contributed by atoms with Crippen molar-refractivity contribution in [2.45, 2.75) is 13.0 Å². The van der Waals surface area contributed by atoms with Crippen LogP contribution in [0.4, 0.5) is 5.69 Å². The molecule has 7 nitrogen and oxygen atoms in total. The standard InChI is InChI=1S/C9H14ClN5O2/c1-17-8-7(13-3-2-6(12)16)5(4-11)14-9(10)15-8/h13H,2-4,11H2,1H3,(H2,12,16). The number of nitrogens with two attached hydrogens (primary N) is 2. The summed E-state index contributed by atoms with van der Waals surface area (Å²) >= 11 is 5.70. The molecule has 94 valence electrons. The van der Waals surface area contributed by atoms with E-state index < -0.39 is 5.91 Å². The van der Waals surface area contributed by atoms with Gasteiger partial charge in [-0.1, -0.05) is 0 Å². The summed E-state index contributed by atoms with van der Waals surface area (Å²) in [6, 6.07) is 0. The molecule has 0 aromatic carbocycles. The zero-order chi connectivity index (χ0) is 12.8. The van der Waals surface area contributed by atoms with Crippen LogP contribution in [0.3, 0.4) is 0 Å². The zero-order valence-electron chi connectivity index (χ0n) is 9.36. The van der Waals surface area contributed by atoms with Crippen LogP contribution in [0.2, 0.25) is 5.28 Å². The van der Waals surface area contributed by atoms with Gasteiger partial charge in [-0.2, -0.15) is 4.98 Å². The molecule has 1 amide bonds. The molecule has 0 saturated heterocycles. The second-order valence-electron chi connectivity index (χ2n) is 3.17. The Morgan fingerprint density at radius 3 is 2.76 bits per heavy atom. The van der Waals surface area contributed by atoms with E-state index in [4.69, 9.17) is 27.8 Å². The van der Waals surface area contributed by atoms with Crippen LogP contribution in [-0.2, 0) is 11.3 Å². The molecule has 0 unspecified atom stereocenters. The highest BCUT2D eigenvalue weighted by Gasteiger charge is 2.13. The van der Waals surface area contributed by atoms with Gasteiger partial charge in [0.15, 0.2) is 0 Å². The number of amides is 1. The van der Waals surface area contributed by atoms with E-state index in [-0.39, 0.29) is 24.1 Å². The van der Waals surface area contributed by atoms with Gasteiger partial charge >= 0.3 is 0 Å². The summed E-state index contributed by atoms with van der Waals surface area (Å²) in [7, 11) is 1.46. The normalized spacial score (nSPS) is 10.1. The predicted molar refractivity (Wildman–Crippen MR) is 63.8 cm³/mol. The fourth-order valence-electron chi connectivity index (χ4n) is 1.24. The lowest BCUT2D eigenvalue weighted by Crippen LogP contribution is -2.18. The smallest absolute Gasteiger partial charge is 0.241 e. The van der Waals surface area contributed by atoms with E-state index in [0.29, 0.717) is 17.9 Å². The summed E-state index contributed by atoms with van der Waals surface area (Å²) in [4.78, 5) is 18.5. The first kappa shape index (κ1) is 13.5. The molecule has 0 aliphatic rings.